The van der Waals surface area contributed by atoms with Gasteiger partial charge >= 0.3 is 11.9 Å². The highest BCUT2D eigenvalue weighted by Gasteiger charge is 2.72. The maximum Gasteiger partial charge on any atom is 0.335 e. The second-order valence-electron chi connectivity index (χ2n) is 27.0. The van der Waals surface area contributed by atoms with Crippen molar-refractivity contribution in [3.05, 3.63) is 23.3 Å². The molecule has 13 N–H and O–H groups in total. The predicted molar refractivity (Wildman–Crippen MR) is 277 cm³/mol. The average molecular weight is 1160 g/mol. The molecule has 4 saturated heterocycles. The van der Waals surface area contributed by atoms with E-state index in [-0.39, 0.29) is 40.6 Å². The van der Waals surface area contributed by atoms with Gasteiger partial charge in [0.1, 0.15) is 85.5 Å². The zero-order valence-corrected chi connectivity index (χ0v) is 47.8. The van der Waals surface area contributed by atoms with E-state index in [1.165, 1.54) is 5.57 Å². The van der Waals surface area contributed by atoms with E-state index >= 15 is 0 Å². The Morgan fingerprint density at radius 1 is 0.654 bits per heavy atom. The Bertz CT molecular complexity index is 2330. The molecule has 4 heterocycles. The smallest absolute Gasteiger partial charge is 0.335 e. The molecule has 4 saturated carbocycles. The molecule has 0 aromatic carbocycles. The van der Waals surface area contributed by atoms with Crippen molar-refractivity contribution >= 4 is 11.9 Å². The summed E-state index contributed by atoms with van der Waals surface area (Å²) in [6.07, 6.45) is -27.1. The Kier molecular flexibility index (Phi) is 18.0. The van der Waals surface area contributed by atoms with E-state index in [9.17, 15) is 76.0 Å². The van der Waals surface area contributed by atoms with Crippen molar-refractivity contribution in [3.8, 4) is 0 Å². The number of rotatable bonds is 13. The normalized spacial score (nSPS) is 51.6. The summed E-state index contributed by atoms with van der Waals surface area (Å²) < 4.78 is 54.9. The van der Waals surface area contributed by atoms with Gasteiger partial charge in [0.25, 0.3) is 0 Å². The van der Waals surface area contributed by atoms with Crippen LogP contribution < -0.4 is 0 Å². The van der Waals surface area contributed by atoms with Gasteiger partial charge in [-0.25, -0.2) is 9.59 Å². The number of carboxylic acid groups (broad SMARTS) is 1. The Balaban J connectivity index is 1.03. The summed E-state index contributed by atoms with van der Waals surface area (Å²) >= 11 is 0. The van der Waals surface area contributed by atoms with Crippen LogP contribution in [0.3, 0.4) is 0 Å². The third-order valence-electron chi connectivity index (χ3n) is 21.7. The maximum atomic E-state index is 13.4. The molecule has 9 rings (SSSR count). The highest BCUT2D eigenvalue weighted by molar-refractivity contribution is 5.87. The summed E-state index contributed by atoms with van der Waals surface area (Å²) in [5.41, 5.74) is -1.79. The van der Waals surface area contributed by atoms with Gasteiger partial charge in [-0.3, -0.25) is 0 Å². The van der Waals surface area contributed by atoms with Crippen LogP contribution in [0.1, 0.15) is 114 Å². The number of aliphatic hydroxyl groups is 12. The monoisotopic (exact) mass is 1160 g/mol. The van der Waals surface area contributed by atoms with E-state index in [0.717, 1.165) is 6.42 Å². The van der Waals surface area contributed by atoms with Crippen molar-refractivity contribution in [1.82, 2.24) is 0 Å². The molecule has 0 aromatic heterocycles. The summed E-state index contributed by atoms with van der Waals surface area (Å²) in [6.45, 7) is 16.4. The Labute approximate surface area is 471 Å². The third-order valence-corrected chi connectivity index (χ3v) is 21.7. The number of hydrogen-bond acceptors (Lipinski definition) is 23. The van der Waals surface area contributed by atoms with Crippen molar-refractivity contribution in [2.24, 2.45) is 50.2 Å². The number of esters is 1. The van der Waals surface area contributed by atoms with Crippen molar-refractivity contribution in [1.29, 1.82) is 0 Å². The first-order chi connectivity index (χ1) is 37.9. The van der Waals surface area contributed by atoms with Crippen LogP contribution in [0.2, 0.25) is 0 Å². The second-order valence-corrected chi connectivity index (χ2v) is 27.0. The number of carbonyl (C=O) groups is 2. The molecule has 0 aromatic rings. The topological polar surface area (TPSA) is 380 Å². The molecule has 0 bridgehead atoms. The van der Waals surface area contributed by atoms with E-state index in [4.69, 9.17) is 42.6 Å². The van der Waals surface area contributed by atoms with Crippen LogP contribution in [0.5, 0.6) is 0 Å². The van der Waals surface area contributed by atoms with Gasteiger partial charge in [0, 0.05) is 5.57 Å². The van der Waals surface area contributed by atoms with E-state index < -0.39 is 177 Å². The zero-order chi connectivity index (χ0) is 59.4. The van der Waals surface area contributed by atoms with Gasteiger partial charge in [0.15, 0.2) is 31.3 Å². The van der Waals surface area contributed by atoms with E-state index in [0.29, 0.717) is 50.5 Å². The number of aliphatic carboxylic acids is 1. The number of ether oxygens (including phenoxy) is 9. The lowest BCUT2D eigenvalue weighted by Crippen LogP contribution is -2.70. The highest BCUT2D eigenvalue weighted by atomic mass is 16.8. The van der Waals surface area contributed by atoms with Crippen molar-refractivity contribution in [2.45, 2.75) is 243 Å². The Morgan fingerprint density at radius 2 is 1.28 bits per heavy atom. The van der Waals surface area contributed by atoms with Gasteiger partial charge < -0.3 is 109 Å². The quantitative estimate of drug-likeness (QED) is 0.0468. The maximum absolute atomic E-state index is 13.4. The molecule has 4 aliphatic heterocycles. The molecule has 9 aliphatic rings. The fourth-order valence-corrected chi connectivity index (χ4v) is 16.8. The number of allylic oxidation sites excluding steroid dienone is 3. The molecule has 462 valence electrons. The standard InChI is InChI=1S/C57H90O24/c1-10-24(2)47(72)76-34-19-52(3,4)17-26-25-11-12-31-54(7)15-14-33(53(5,6)30(54)13-16-55(31,8)56(25,9)18-32(62)57(26,34)23-59)77-51-45(81-49-40(68)38(66)37(65)29(20-58)75-49)42(41(69)43(79-51)46(70)71)78-50-44(36(64)28(61)22-74-50)80-48-39(67)35(63)27(60)21-73-48/h10-11,26-45,48-51,58-69H,12-23H2,1-9H3,(H,70,71). The van der Waals surface area contributed by atoms with Crippen molar-refractivity contribution in [2.75, 3.05) is 26.4 Å². The lowest BCUT2D eigenvalue weighted by molar-refractivity contribution is -0.399. The lowest BCUT2D eigenvalue weighted by atomic mass is 9.33. The van der Waals surface area contributed by atoms with Crippen LogP contribution in [0, 0.1) is 50.2 Å². The summed E-state index contributed by atoms with van der Waals surface area (Å²) in [6, 6.07) is 0. The van der Waals surface area contributed by atoms with Crippen molar-refractivity contribution < 1.29 is 119 Å². The molecule has 81 heavy (non-hydrogen) atoms. The van der Waals surface area contributed by atoms with Gasteiger partial charge in [-0.1, -0.05) is 66.2 Å². The van der Waals surface area contributed by atoms with Crippen LogP contribution in [0.25, 0.3) is 0 Å². The average Bonchev–Trinajstić information content (AvgIpc) is 3.28. The molecule has 28 atom stereocenters. The number of carbonyl (C=O) groups excluding carboxylic acids is 1. The first kappa shape index (κ1) is 63.1. The summed E-state index contributed by atoms with van der Waals surface area (Å²) in [5.74, 6) is -2.42. The summed E-state index contributed by atoms with van der Waals surface area (Å²) in [7, 11) is 0. The molecular formula is C57H90O24. The fourth-order valence-electron chi connectivity index (χ4n) is 16.8. The molecular weight excluding hydrogens is 1070 g/mol. The molecule has 0 spiro atoms. The van der Waals surface area contributed by atoms with Gasteiger partial charge in [-0.05, 0) is 110 Å². The van der Waals surface area contributed by atoms with Crippen LogP contribution in [0.4, 0.5) is 0 Å². The molecule has 28 unspecified atom stereocenters. The van der Waals surface area contributed by atoms with Crippen LogP contribution >= 0.6 is 0 Å². The zero-order valence-electron chi connectivity index (χ0n) is 47.8. The number of carboxylic acids is 1. The van der Waals surface area contributed by atoms with Gasteiger partial charge in [-0.15, -0.1) is 0 Å². The fraction of sp³-hybridized carbons (Fsp3) is 0.895. The van der Waals surface area contributed by atoms with E-state index in [2.05, 4.69) is 54.5 Å². The third kappa shape index (κ3) is 10.5. The number of aliphatic hydroxyl groups excluding tert-OH is 12. The molecule has 0 amide bonds. The predicted octanol–water partition coefficient (Wildman–Crippen LogP) is -0.733. The highest BCUT2D eigenvalue weighted by Crippen LogP contribution is 2.76. The number of hydrogen-bond donors (Lipinski definition) is 13. The second kappa shape index (κ2) is 23.0. The molecule has 24 heteroatoms. The van der Waals surface area contributed by atoms with Crippen LogP contribution in [0.15, 0.2) is 23.3 Å². The molecule has 5 aliphatic carbocycles. The lowest BCUT2D eigenvalue weighted by Gasteiger charge is -2.72. The minimum atomic E-state index is -2.19. The summed E-state index contributed by atoms with van der Waals surface area (Å²) in [5, 5.41) is 143. The minimum Gasteiger partial charge on any atom is -0.479 e. The van der Waals surface area contributed by atoms with Crippen LogP contribution in [-0.4, -0.2) is 234 Å². The molecule has 0 radical (unpaired) electrons. The van der Waals surface area contributed by atoms with Gasteiger partial charge in [-0.2, -0.15) is 0 Å². The van der Waals surface area contributed by atoms with Gasteiger partial charge in [0.2, 0.25) is 0 Å². The Morgan fingerprint density at radius 3 is 1.93 bits per heavy atom. The largest absolute Gasteiger partial charge is 0.479 e. The first-order valence-corrected chi connectivity index (χ1v) is 28.8. The van der Waals surface area contributed by atoms with E-state index in [1.807, 2.05) is 0 Å². The van der Waals surface area contributed by atoms with Gasteiger partial charge in [0.05, 0.1) is 44.1 Å². The van der Waals surface area contributed by atoms with E-state index in [1.54, 1.807) is 19.9 Å². The van der Waals surface area contributed by atoms with Crippen molar-refractivity contribution in [3.63, 3.8) is 0 Å². The Hall–Kier alpha value is -2.38. The SMILES string of the molecule is CC=C(C)C(=O)OC1CC(C)(C)CC2C3=CCC4C5(C)CCC(OC6OC(C(=O)O)C(O)C(OC7OCC(O)C(O)C7OC7OCC(O)C(O)C7O)C6OC6OC(CO)C(O)C(O)C6O)C(C)(C)C5CCC4(C)C3(C)CC(O)C12CO. The number of fused-ring (bicyclic) bond motifs is 7. The molecule has 24 nitrogen and oxygen atoms in total. The first-order valence-electron chi connectivity index (χ1n) is 28.8. The molecule has 8 fully saturated rings. The summed E-state index contributed by atoms with van der Waals surface area (Å²) in [4.78, 5) is 26.5. The minimum absolute atomic E-state index is 0.0579. The van der Waals surface area contributed by atoms with Crippen LogP contribution in [-0.2, 0) is 52.2 Å².